The van der Waals surface area contributed by atoms with E-state index < -0.39 is 5.97 Å². The van der Waals surface area contributed by atoms with Crippen molar-refractivity contribution in [3.8, 4) is 11.3 Å². The molecule has 0 unspecified atom stereocenters. The van der Waals surface area contributed by atoms with Crippen molar-refractivity contribution in [1.82, 2.24) is 0 Å². The number of halogens is 1. The van der Waals surface area contributed by atoms with Gasteiger partial charge in [0.2, 0.25) is 0 Å². The van der Waals surface area contributed by atoms with Crippen LogP contribution in [0.25, 0.3) is 45.2 Å². The molecule has 35 heavy (non-hydrogen) atoms. The van der Waals surface area contributed by atoms with Gasteiger partial charge < -0.3 is 9.52 Å². The molecular formula is C31H25BrO3. The molecule has 0 saturated heterocycles. The van der Waals surface area contributed by atoms with Crippen LogP contribution in [0.4, 0.5) is 0 Å². The van der Waals surface area contributed by atoms with Crippen LogP contribution in [0.1, 0.15) is 46.8 Å². The predicted octanol–water partition coefficient (Wildman–Crippen LogP) is 9.23. The minimum Gasteiger partial charge on any atom is -0.478 e. The fourth-order valence-electron chi connectivity index (χ4n) is 4.53. The van der Waals surface area contributed by atoms with Gasteiger partial charge >= 0.3 is 5.97 Å². The molecule has 0 radical (unpaired) electrons. The van der Waals surface area contributed by atoms with Gasteiger partial charge in [0.1, 0.15) is 11.3 Å². The number of rotatable bonds is 7. The number of carboxylic acids is 1. The molecule has 1 N–H and O–H groups in total. The van der Waals surface area contributed by atoms with E-state index in [1.165, 1.54) is 10.8 Å². The third-order valence-electron chi connectivity index (χ3n) is 6.35. The number of fused-ring (bicyclic) bond motifs is 3. The predicted molar refractivity (Wildman–Crippen MR) is 148 cm³/mol. The van der Waals surface area contributed by atoms with Crippen LogP contribution < -0.4 is 0 Å². The molecule has 5 aromatic rings. The molecule has 0 atom stereocenters. The summed E-state index contributed by atoms with van der Waals surface area (Å²) in [6, 6.07) is 26.3. The number of hydrogen-bond donors (Lipinski definition) is 1. The van der Waals surface area contributed by atoms with Crippen molar-refractivity contribution < 1.29 is 14.3 Å². The minimum atomic E-state index is -0.886. The first-order valence-corrected chi connectivity index (χ1v) is 12.6. The van der Waals surface area contributed by atoms with Crippen LogP contribution in [0.15, 0.2) is 87.8 Å². The normalized spacial score (nSPS) is 11.6. The Morgan fingerprint density at radius 1 is 0.914 bits per heavy atom. The zero-order valence-electron chi connectivity index (χ0n) is 19.4. The summed E-state index contributed by atoms with van der Waals surface area (Å²) < 4.78 is 7.08. The Hall–Kier alpha value is -3.63. The van der Waals surface area contributed by atoms with Gasteiger partial charge in [-0.05, 0) is 58.5 Å². The van der Waals surface area contributed by atoms with Crippen molar-refractivity contribution >= 4 is 55.8 Å². The number of furan rings is 1. The molecule has 1 aromatic heterocycles. The smallest absolute Gasteiger partial charge is 0.336 e. The van der Waals surface area contributed by atoms with Gasteiger partial charge in [-0.3, -0.25) is 0 Å². The van der Waals surface area contributed by atoms with E-state index >= 15 is 0 Å². The third kappa shape index (κ3) is 4.67. The summed E-state index contributed by atoms with van der Waals surface area (Å²) in [6.45, 7) is 2.11. The fraction of sp³-hybridized carbons (Fsp3) is 0.129. The maximum absolute atomic E-state index is 12.0. The van der Waals surface area contributed by atoms with E-state index in [0.29, 0.717) is 11.1 Å². The van der Waals surface area contributed by atoms with E-state index in [9.17, 15) is 9.90 Å². The summed E-state index contributed by atoms with van der Waals surface area (Å²) in [7, 11) is 0. The van der Waals surface area contributed by atoms with Crippen molar-refractivity contribution in [1.29, 1.82) is 0 Å². The van der Waals surface area contributed by atoms with Crippen LogP contribution in [0, 0.1) is 0 Å². The first kappa shape index (κ1) is 23.1. The van der Waals surface area contributed by atoms with Gasteiger partial charge in [-0.15, -0.1) is 0 Å². The second-order valence-corrected chi connectivity index (χ2v) is 9.52. The van der Waals surface area contributed by atoms with Crippen LogP contribution in [0.3, 0.4) is 0 Å². The summed E-state index contributed by atoms with van der Waals surface area (Å²) in [4.78, 5) is 12.0. The number of benzene rings is 4. The zero-order chi connectivity index (χ0) is 24.4. The van der Waals surface area contributed by atoms with Gasteiger partial charge in [0.15, 0.2) is 0 Å². The summed E-state index contributed by atoms with van der Waals surface area (Å²) in [5, 5.41) is 13.3. The molecule has 0 saturated carbocycles. The number of carboxylic acid groups (broad SMARTS) is 1. The van der Waals surface area contributed by atoms with Crippen LogP contribution in [0.5, 0.6) is 0 Å². The summed E-state index contributed by atoms with van der Waals surface area (Å²) in [5.41, 5.74) is 4.79. The fourth-order valence-corrected chi connectivity index (χ4v) is 5.04. The van der Waals surface area contributed by atoms with Gasteiger partial charge in [-0.1, -0.05) is 102 Å². The Bertz CT molecular complexity index is 1580. The molecule has 3 nitrogen and oxygen atoms in total. The van der Waals surface area contributed by atoms with E-state index in [2.05, 4.69) is 47.1 Å². The van der Waals surface area contributed by atoms with Crippen molar-refractivity contribution in [3.05, 3.63) is 106 Å². The highest BCUT2D eigenvalue weighted by atomic mass is 79.9. The first-order chi connectivity index (χ1) is 17.0. The molecule has 174 valence electrons. The van der Waals surface area contributed by atoms with E-state index in [-0.39, 0.29) is 0 Å². The third-order valence-corrected chi connectivity index (χ3v) is 7.04. The lowest BCUT2D eigenvalue weighted by atomic mass is 9.96. The monoisotopic (exact) mass is 524 g/mol. The topological polar surface area (TPSA) is 50.4 Å². The van der Waals surface area contributed by atoms with Crippen molar-refractivity contribution in [2.45, 2.75) is 26.2 Å². The Morgan fingerprint density at radius 2 is 1.74 bits per heavy atom. The van der Waals surface area contributed by atoms with Crippen molar-refractivity contribution in [3.63, 3.8) is 0 Å². The highest BCUT2D eigenvalue weighted by molar-refractivity contribution is 9.10. The number of aryl methyl sites for hydroxylation is 1. The van der Waals surface area contributed by atoms with Crippen LogP contribution in [-0.2, 0) is 6.42 Å². The molecule has 0 aliphatic heterocycles. The molecular weight excluding hydrogens is 500 g/mol. The zero-order valence-corrected chi connectivity index (χ0v) is 21.0. The van der Waals surface area contributed by atoms with Gasteiger partial charge in [-0.25, -0.2) is 4.79 Å². The summed E-state index contributed by atoms with van der Waals surface area (Å²) >= 11 is 3.69. The van der Waals surface area contributed by atoms with E-state index in [0.717, 1.165) is 57.2 Å². The molecule has 0 amide bonds. The number of unbranched alkanes of at least 4 members (excludes halogenated alkanes) is 1. The molecule has 1 heterocycles. The Balaban J connectivity index is 1.47. The number of carbonyl (C=O) groups is 1. The molecule has 5 rings (SSSR count). The minimum absolute atomic E-state index is 0.388. The number of hydrogen-bond acceptors (Lipinski definition) is 2. The quantitative estimate of drug-likeness (QED) is 0.216. The average Bonchev–Trinajstić information content (AvgIpc) is 3.31. The number of aromatic carboxylic acids is 1. The van der Waals surface area contributed by atoms with E-state index in [1.54, 1.807) is 0 Å². The molecule has 0 aliphatic rings. The second-order valence-electron chi connectivity index (χ2n) is 8.67. The SMILES string of the molecule is CCCCc1cccc(C=Cc2ccc(-c3cc4c(ccc5ccccc54)o3)cc2Br)c1C(=O)O. The van der Waals surface area contributed by atoms with Crippen molar-refractivity contribution in [2.24, 2.45) is 0 Å². The lowest BCUT2D eigenvalue weighted by Crippen LogP contribution is -2.05. The Kier molecular flexibility index (Phi) is 6.56. The summed E-state index contributed by atoms with van der Waals surface area (Å²) in [5.74, 6) is -0.0763. The van der Waals surface area contributed by atoms with Crippen LogP contribution in [0.2, 0.25) is 0 Å². The van der Waals surface area contributed by atoms with Gasteiger partial charge in [0.25, 0.3) is 0 Å². The Morgan fingerprint density at radius 3 is 2.54 bits per heavy atom. The molecule has 0 fully saturated rings. The van der Waals surface area contributed by atoms with Gasteiger partial charge in [0.05, 0.1) is 5.56 Å². The first-order valence-electron chi connectivity index (χ1n) is 11.8. The maximum Gasteiger partial charge on any atom is 0.336 e. The van der Waals surface area contributed by atoms with Gasteiger partial charge in [-0.2, -0.15) is 0 Å². The largest absolute Gasteiger partial charge is 0.478 e. The highest BCUT2D eigenvalue weighted by Crippen LogP contribution is 2.34. The standard InChI is InChI=1S/C31H25BrO3/c1-2-3-7-22-9-6-10-23(30(22)31(33)34)14-12-21-13-15-24(18-27(21)32)29-19-26-25-11-5-4-8-20(25)16-17-28(26)35-29/h4-6,8-19H,2-3,7H2,1H3,(H,33,34). The molecule has 4 aromatic carbocycles. The molecule has 4 heteroatoms. The van der Waals surface area contributed by atoms with E-state index in [4.69, 9.17) is 4.42 Å². The molecule has 0 aliphatic carbocycles. The maximum atomic E-state index is 12.0. The van der Waals surface area contributed by atoms with Crippen molar-refractivity contribution in [2.75, 3.05) is 0 Å². The van der Waals surface area contributed by atoms with Crippen LogP contribution >= 0.6 is 15.9 Å². The molecule has 0 spiro atoms. The van der Waals surface area contributed by atoms with Gasteiger partial charge in [0, 0.05) is 15.4 Å². The Labute approximate surface area is 212 Å². The lowest BCUT2D eigenvalue weighted by Gasteiger charge is -2.09. The highest BCUT2D eigenvalue weighted by Gasteiger charge is 2.14. The molecule has 0 bridgehead atoms. The lowest BCUT2D eigenvalue weighted by molar-refractivity contribution is 0.0695. The average molecular weight is 525 g/mol. The van der Waals surface area contributed by atoms with E-state index in [1.807, 2.05) is 66.7 Å². The second kappa shape index (κ2) is 9.93. The summed E-state index contributed by atoms with van der Waals surface area (Å²) in [6.07, 6.45) is 6.60. The van der Waals surface area contributed by atoms with Crippen LogP contribution in [-0.4, -0.2) is 11.1 Å².